The number of benzene rings is 1. The number of hydrogen-bond acceptors (Lipinski definition) is 4. The number of amidine groups is 1. The largest absolute Gasteiger partial charge is 0.478 e. The van der Waals surface area contributed by atoms with Gasteiger partial charge in [0.05, 0.1) is 7.11 Å². The molecule has 0 radical (unpaired) electrons. The van der Waals surface area contributed by atoms with Crippen LogP contribution in [0.4, 0.5) is 5.69 Å². The zero-order chi connectivity index (χ0) is 12.5. The zero-order valence-electron chi connectivity index (χ0n) is 8.71. The van der Waals surface area contributed by atoms with Crippen LogP contribution in [0.3, 0.4) is 0 Å². The molecule has 2 rings (SSSR count). The number of methoxy groups -OCH3 is 1. The van der Waals surface area contributed by atoms with Crippen LogP contribution in [0, 0.1) is 0 Å². The van der Waals surface area contributed by atoms with E-state index in [1.54, 1.807) is 24.3 Å². The number of hydrogen-bond donors (Lipinski definition) is 1. The molecule has 1 aromatic rings. The molecule has 0 atom stereocenters. The topological polar surface area (TPSA) is 80.1 Å². The summed E-state index contributed by atoms with van der Waals surface area (Å²) in [5.41, 5.74) is 0.595. The van der Waals surface area contributed by atoms with E-state index >= 15 is 0 Å². The quantitative estimate of drug-likeness (QED) is 0.840. The van der Waals surface area contributed by atoms with Crippen LogP contribution in [0.1, 0.15) is 0 Å². The van der Waals surface area contributed by atoms with Gasteiger partial charge in [-0.2, -0.15) is 8.42 Å². The SMILES string of the molecule is COC1=NS(=O)(=O)N=C1Nc1cccc(Cl)c1. The Balaban J connectivity index is 2.29. The maximum atomic E-state index is 11.1. The fraction of sp³-hybridized carbons (Fsp3) is 0.111. The normalized spacial score (nSPS) is 17.3. The van der Waals surface area contributed by atoms with Gasteiger partial charge < -0.3 is 10.1 Å². The average Bonchev–Trinajstić information content (AvgIpc) is 2.53. The highest BCUT2D eigenvalue weighted by molar-refractivity contribution is 7.89. The number of nitrogens with zero attached hydrogens (tertiary/aromatic N) is 2. The summed E-state index contributed by atoms with van der Waals surface area (Å²) in [6.45, 7) is 0. The number of halogens is 1. The Hall–Kier alpha value is -1.60. The lowest BCUT2D eigenvalue weighted by Crippen LogP contribution is -2.21. The molecule has 1 heterocycles. The molecule has 0 bridgehead atoms. The van der Waals surface area contributed by atoms with Crippen molar-refractivity contribution < 1.29 is 13.2 Å². The molecule has 90 valence electrons. The van der Waals surface area contributed by atoms with Crippen molar-refractivity contribution >= 4 is 39.2 Å². The van der Waals surface area contributed by atoms with E-state index in [-0.39, 0.29) is 11.7 Å². The van der Waals surface area contributed by atoms with Crippen molar-refractivity contribution in [3.05, 3.63) is 29.3 Å². The Morgan fingerprint density at radius 3 is 2.76 bits per heavy atom. The molecule has 0 aliphatic carbocycles. The fourth-order valence-electron chi connectivity index (χ4n) is 1.24. The molecule has 1 aliphatic heterocycles. The minimum absolute atomic E-state index is 0.0368. The van der Waals surface area contributed by atoms with E-state index in [0.29, 0.717) is 10.7 Å². The van der Waals surface area contributed by atoms with Crippen LogP contribution >= 0.6 is 11.6 Å². The highest BCUT2D eigenvalue weighted by Gasteiger charge is 2.25. The summed E-state index contributed by atoms with van der Waals surface area (Å²) in [5, 5.41) is 3.29. The van der Waals surface area contributed by atoms with Crippen LogP contribution in [-0.2, 0) is 14.9 Å². The molecule has 6 nitrogen and oxygen atoms in total. The van der Waals surface area contributed by atoms with Crippen LogP contribution in [0.15, 0.2) is 33.1 Å². The van der Waals surface area contributed by atoms with Gasteiger partial charge in [0.1, 0.15) is 0 Å². The van der Waals surface area contributed by atoms with Gasteiger partial charge in [-0.15, -0.1) is 8.80 Å². The summed E-state index contributed by atoms with van der Waals surface area (Å²) in [4.78, 5) is 0. The summed E-state index contributed by atoms with van der Waals surface area (Å²) in [6.07, 6.45) is 0. The highest BCUT2D eigenvalue weighted by Crippen LogP contribution is 2.17. The lowest BCUT2D eigenvalue weighted by molar-refractivity contribution is 0.412. The van der Waals surface area contributed by atoms with E-state index in [9.17, 15) is 8.42 Å². The van der Waals surface area contributed by atoms with Gasteiger partial charge in [0.2, 0.25) is 5.84 Å². The number of anilines is 1. The van der Waals surface area contributed by atoms with E-state index in [2.05, 4.69) is 14.1 Å². The third-order valence-electron chi connectivity index (χ3n) is 1.89. The zero-order valence-corrected chi connectivity index (χ0v) is 10.3. The van der Waals surface area contributed by atoms with Gasteiger partial charge in [0, 0.05) is 10.7 Å². The minimum atomic E-state index is -3.83. The first kappa shape index (κ1) is 11.9. The molecule has 1 aromatic carbocycles. The second-order valence-corrected chi connectivity index (χ2v) is 4.82. The molecular weight excluding hydrogens is 266 g/mol. The summed E-state index contributed by atoms with van der Waals surface area (Å²) >= 11 is 5.80. The molecule has 0 amide bonds. The van der Waals surface area contributed by atoms with Crippen LogP contribution in [-0.4, -0.2) is 27.3 Å². The summed E-state index contributed by atoms with van der Waals surface area (Å²) in [5.74, 6) is -0.0419. The van der Waals surface area contributed by atoms with E-state index < -0.39 is 10.2 Å². The van der Waals surface area contributed by atoms with Crippen molar-refractivity contribution in [2.45, 2.75) is 0 Å². The first-order valence-corrected chi connectivity index (χ1v) is 6.29. The van der Waals surface area contributed by atoms with Crippen molar-refractivity contribution in [2.75, 3.05) is 12.4 Å². The van der Waals surface area contributed by atoms with Gasteiger partial charge in [0.15, 0.2) is 0 Å². The second-order valence-electron chi connectivity index (χ2n) is 3.12. The predicted molar refractivity (Wildman–Crippen MR) is 65.9 cm³/mol. The monoisotopic (exact) mass is 273 g/mol. The molecule has 0 saturated heterocycles. The lowest BCUT2D eigenvalue weighted by Gasteiger charge is -2.06. The number of ether oxygens (including phenoxy) is 1. The Bertz CT molecular complexity index is 610. The Morgan fingerprint density at radius 1 is 1.35 bits per heavy atom. The maximum Gasteiger partial charge on any atom is 0.368 e. The fourth-order valence-corrected chi connectivity index (χ4v) is 2.19. The molecular formula is C9H8ClN3O3S. The molecule has 1 N–H and O–H groups in total. The molecule has 0 fully saturated rings. The minimum Gasteiger partial charge on any atom is -0.478 e. The third-order valence-corrected chi connectivity index (χ3v) is 2.93. The number of nitrogens with one attached hydrogen (secondary N) is 1. The van der Waals surface area contributed by atoms with Crippen molar-refractivity contribution in [1.29, 1.82) is 0 Å². The molecule has 0 unspecified atom stereocenters. The van der Waals surface area contributed by atoms with Crippen molar-refractivity contribution in [3.8, 4) is 0 Å². The third kappa shape index (κ3) is 2.75. The Labute approximate surface area is 103 Å². The van der Waals surface area contributed by atoms with Gasteiger partial charge in [-0.3, -0.25) is 0 Å². The van der Waals surface area contributed by atoms with E-state index in [1.807, 2.05) is 0 Å². The lowest BCUT2D eigenvalue weighted by atomic mass is 10.3. The summed E-state index contributed by atoms with van der Waals surface area (Å²) in [7, 11) is -2.52. The predicted octanol–water partition coefficient (Wildman–Crippen LogP) is 1.45. The van der Waals surface area contributed by atoms with Crippen LogP contribution in [0.2, 0.25) is 5.02 Å². The van der Waals surface area contributed by atoms with Gasteiger partial charge >= 0.3 is 10.2 Å². The van der Waals surface area contributed by atoms with Crippen LogP contribution in [0.5, 0.6) is 0 Å². The summed E-state index contributed by atoms with van der Waals surface area (Å²) < 4.78 is 33.8. The molecule has 17 heavy (non-hydrogen) atoms. The average molecular weight is 274 g/mol. The van der Waals surface area contributed by atoms with Crippen molar-refractivity contribution in [2.24, 2.45) is 8.80 Å². The smallest absolute Gasteiger partial charge is 0.368 e. The van der Waals surface area contributed by atoms with Crippen LogP contribution in [0.25, 0.3) is 0 Å². The standard InChI is InChI=1S/C9H8ClN3O3S/c1-16-9-8(12-17(14,15)13-9)11-7-4-2-3-6(10)5-7/h2-5H,1H3,(H,11,12). The first-order chi connectivity index (χ1) is 8.00. The van der Waals surface area contributed by atoms with E-state index in [0.717, 1.165) is 0 Å². The number of rotatable bonds is 1. The van der Waals surface area contributed by atoms with E-state index in [4.69, 9.17) is 16.3 Å². The molecule has 0 aromatic heterocycles. The van der Waals surface area contributed by atoms with Gasteiger partial charge in [-0.05, 0) is 18.2 Å². The Kier molecular flexibility index (Phi) is 3.03. The molecule has 8 heteroatoms. The molecule has 0 saturated carbocycles. The van der Waals surface area contributed by atoms with Crippen molar-refractivity contribution in [3.63, 3.8) is 0 Å². The summed E-state index contributed by atoms with van der Waals surface area (Å²) in [6, 6.07) is 6.76. The van der Waals surface area contributed by atoms with Gasteiger partial charge in [-0.25, -0.2) is 0 Å². The van der Waals surface area contributed by atoms with Crippen molar-refractivity contribution in [1.82, 2.24) is 0 Å². The van der Waals surface area contributed by atoms with E-state index in [1.165, 1.54) is 7.11 Å². The molecule has 1 aliphatic rings. The second kappa shape index (κ2) is 4.34. The van der Waals surface area contributed by atoms with Crippen LogP contribution < -0.4 is 5.32 Å². The highest BCUT2D eigenvalue weighted by atomic mass is 35.5. The first-order valence-electron chi connectivity index (χ1n) is 4.52. The maximum absolute atomic E-state index is 11.1. The van der Waals surface area contributed by atoms with Gasteiger partial charge in [0.25, 0.3) is 5.90 Å². The molecule has 0 spiro atoms. The van der Waals surface area contributed by atoms with Gasteiger partial charge in [-0.1, -0.05) is 17.7 Å². The Morgan fingerprint density at radius 2 is 2.12 bits per heavy atom.